The molecule has 0 aliphatic rings. The highest BCUT2D eigenvalue weighted by atomic mass is 16.6. The molecular formula is C16H32O6. The Kier molecular flexibility index (Phi) is 17.8. The molecule has 0 N–H and O–H groups in total. The van der Waals surface area contributed by atoms with Crippen LogP contribution in [0, 0.1) is 0 Å². The molecule has 0 aromatic carbocycles. The Morgan fingerprint density at radius 2 is 1.18 bits per heavy atom. The number of hydrogen-bond donors (Lipinski definition) is 0. The molecule has 0 spiro atoms. The minimum Gasteiger partial charge on any atom is -0.466 e. The molecule has 0 radical (unpaired) electrons. The van der Waals surface area contributed by atoms with Crippen LogP contribution in [0.15, 0.2) is 0 Å². The third-order valence-electron chi connectivity index (χ3n) is 2.76. The average molecular weight is 320 g/mol. The van der Waals surface area contributed by atoms with Crippen molar-refractivity contribution in [2.45, 2.75) is 39.5 Å². The summed E-state index contributed by atoms with van der Waals surface area (Å²) in [4.78, 5) is 11.0. The summed E-state index contributed by atoms with van der Waals surface area (Å²) >= 11 is 0. The number of carbonyl (C=O) groups is 1. The van der Waals surface area contributed by atoms with Crippen LogP contribution in [-0.2, 0) is 28.5 Å². The lowest BCUT2D eigenvalue weighted by atomic mass is 10.3. The number of ether oxygens (including phenoxy) is 5. The molecule has 0 bridgehead atoms. The topological polar surface area (TPSA) is 63.2 Å². The maximum atomic E-state index is 11.0. The van der Waals surface area contributed by atoms with Gasteiger partial charge in [0, 0.05) is 6.61 Å². The minimum atomic E-state index is -0.228. The van der Waals surface area contributed by atoms with E-state index in [2.05, 4.69) is 6.92 Å². The van der Waals surface area contributed by atoms with Crippen molar-refractivity contribution in [2.24, 2.45) is 0 Å². The van der Waals surface area contributed by atoms with Crippen molar-refractivity contribution in [1.82, 2.24) is 0 Å². The number of rotatable bonds is 17. The van der Waals surface area contributed by atoms with E-state index < -0.39 is 0 Å². The summed E-state index contributed by atoms with van der Waals surface area (Å²) in [6.07, 6.45) is 3.84. The monoisotopic (exact) mass is 320 g/mol. The molecule has 0 aliphatic heterocycles. The molecule has 0 saturated carbocycles. The summed E-state index contributed by atoms with van der Waals surface area (Å²) in [5, 5.41) is 0. The third kappa shape index (κ3) is 17.4. The van der Waals surface area contributed by atoms with Crippen molar-refractivity contribution in [3.05, 3.63) is 0 Å². The zero-order valence-electron chi connectivity index (χ0n) is 14.1. The fraction of sp³-hybridized carbons (Fsp3) is 0.938. The molecule has 0 unspecified atom stereocenters. The average Bonchev–Trinajstić information content (AvgIpc) is 2.51. The summed E-state index contributed by atoms with van der Waals surface area (Å²) in [5.74, 6) is -0.228. The van der Waals surface area contributed by atoms with Crippen LogP contribution < -0.4 is 0 Å². The van der Waals surface area contributed by atoms with Crippen LogP contribution >= 0.6 is 0 Å². The number of esters is 1. The van der Waals surface area contributed by atoms with Gasteiger partial charge in [0.25, 0.3) is 0 Å². The van der Waals surface area contributed by atoms with Crippen molar-refractivity contribution < 1.29 is 28.5 Å². The molecule has 6 nitrogen and oxygen atoms in total. The Bertz CT molecular complexity index is 235. The predicted molar refractivity (Wildman–Crippen MR) is 84.1 cm³/mol. The molecule has 0 aromatic rings. The highest BCUT2D eigenvalue weighted by Gasteiger charge is 2.00. The maximum Gasteiger partial charge on any atom is 0.308 e. The molecule has 0 saturated heterocycles. The van der Waals surface area contributed by atoms with Gasteiger partial charge in [-0.15, -0.1) is 0 Å². The van der Waals surface area contributed by atoms with Gasteiger partial charge in [0.15, 0.2) is 0 Å². The van der Waals surface area contributed by atoms with E-state index in [0.29, 0.717) is 52.9 Å². The van der Waals surface area contributed by atoms with Gasteiger partial charge in [-0.05, 0) is 13.3 Å². The summed E-state index contributed by atoms with van der Waals surface area (Å²) < 4.78 is 26.2. The Hall–Kier alpha value is -0.690. The molecule has 0 heterocycles. The maximum absolute atomic E-state index is 11.0. The lowest BCUT2D eigenvalue weighted by Crippen LogP contribution is -2.13. The van der Waals surface area contributed by atoms with E-state index >= 15 is 0 Å². The summed E-state index contributed by atoms with van der Waals surface area (Å²) in [6.45, 7) is 8.86. The smallest absolute Gasteiger partial charge is 0.308 e. The van der Waals surface area contributed by atoms with Crippen LogP contribution in [0.1, 0.15) is 39.5 Å². The quantitative estimate of drug-likeness (QED) is 0.302. The van der Waals surface area contributed by atoms with Crippen LogP contribution in [-0.4, -0.2) is 65.4 Å². The predicted octanol–water partition coefficient (Wildman–Crippen LogP) is 2.20. The number of carbonyl (C=O) groups excluding carboxylic acids is 1. The fourth-order valence-corrected chi connectivity index (χ4v) is 1.60. The third-order valence-corrected chi connectivity index (χ3v) is 2.76. The summed E-state index contributed by atoms with van der Waals surface area (Å²) in [6, 6.07) is 0. The van der Waals surface area contributed by atoms with Crippen LogP contribution in [0.3, 0.4) is 0 Å². The Labute approximate surface area is 134 Å². The normalized spacial score (nSPS) is 10.8. The van der Waals surface area contributed by atoms with Gasteiger partial charge in [-0.25, -0.2) is 0 Å². The Morgan fingerprint density at radius 1 is 0.682 bits per heavy atom. The van der Waals surface area contributed by atoms with Gasteiger partial charge in [-0.1, -0.05) is 19.8 Å². The van der Waals surface area contributed by atoms with Crippen molar-refractivity contribution in [1.29, 1.82) is 0 Å². The Balaban J connectivity index is 3.01. The van der Waals surface area contributed by atoms with Crippen LogP contribution in [0.2, 0.25) is 0 Å². The summed E-state index contributed by atoms with van der Waals surface area (Å²) in [5.41, 5.74) is 0. The van der Waals surface area contributed by atoms with E-state index in [9.17, 15) is 4.79 Å². The second-order valence-corrected chi connectivity index (χ2v) is 4.71. The highest BCUT2D eigenvalue weighted by Crippen LogP contribution is 1.94. The van der Waals surface area contributed by atoms with Gasteiger partial charge in [-0.3, -0.25) is 4.79 Å². The fourth-order valence-electron chi connectivity index (χ4n) is 1.60. The molecule has 0 rings (SSSR count). The standard InChI is InChI=1S/C16H32O6/c1-3-5-6-8-18-10-12-20-14-15-21-13-11-19-9-7-16(17)22-4-2/h3-15H2,1-2H3. The number of hydrogen-bond acceptors (Lipinski definition) is 6. The van der Waals surface area contributed by atoms with Crippen LogP contribution in [0.25, 0.3) is 0 Å². The van der Waals surface area contributed by atoms with Crippen molar-refractivity contribution >= 4 is 5.97 Å². The molecule has 0 aromatic heterocycles. The Morgan fingerprint density at radius 3 is 1.68 bits per heavy atom. The van der Waals surface area contributed by atoms with E-state index in [0.717, 1.165) is 13.0 Å². The molecule has 6 heteroatoms. The zero-order valence-corrected chi connectivity index (χ0v) is 14.1. The van der Waals surface area contributed by atoms with Crippen molar-refractivity contribution in [3.8, 4) is 0 Å². The van der Waals surface area contributed by atoms with Gasteiger partial charge in [-0.2, -0.15) is 0 Å². The zero-order chi connectivity index (χ0) is 16.3. The second kappa shape index (κ2) is 18.4. The first kappa shape index (κ1) is 21.3. The first-order chi connectivity index (χ1) is 10.8. The van der Waals surface area contributed by atoms with Gasteiger partial charge < -0.3 is 23.7 Å². The molecule has 0 amide bonds. The molecule has 132 valence electrons. The molecule has 0 aliphatic carbocycles. The van der Waals surface area contributed by atoms with Gasteiger partial charge in [0.1, 0.15) is 0 Å². The van der Waals surface area contributed by atoms with E-state index in [1.165, 1.54) is 12.8 Å². The summed E-state index contributed by atoms with van der Waals surface area (Å²) in [7, 11) is 0. The molecular weight excluding hydrogens is 288 g/mol. The van der Waals surface area contributed by atoms with Gasteiger partial charge >= 0.3 is 5.97 Å². The van der Waals surface area contributed by atoms with E-state index in [1.807, 2.05) is 0 Å². The lowest BCUT2D eigenvalue weighted by Gasteiger charge is -2.07. The first-order valence-electron chi connectivity index (χ1n) is 8.27. The minimum absolute atomic E-state index is 0.228. The van der Waals surface area contributed by atoms with E-state index in [-0.39, 0.29) is 12.4 Å². The molecule has 0 atom stereocenters. The lowest BCUT2D eigenvalue weighted by molar-refractivity contribution is -0.144. The highest BCUT2D eigenvalue weighted by molar-refractivity contribution is 5.69. The second-order valence-electron chi connectivity index (χ2n) is 4.71. The number of unbranched alkanes of at least 4 members (excludes halogenated alkanes) is 2. The first-order valence-corrected chi connectivity index (χ1v) is 8.27. The van der Waals surface area contributed by atoms with E-state index in [4.69, 9.17) is 23.7 Å². The van der Waals surface area contributed by atoms with Crippen LogP contribution in [0.5, 0.6) is 0 Å². The molecule has 0 fully saturated rings. The SMILES string of the molecule is CCCCCOCCOCCOCCOCCC(=O)OCC. The van der Waals surface area contributed by atoms with Gasteiger partial charge in [0.05, 0.1) is 59.3 Å². The van der Waals surface area contributed by atoms with Crippen LogP contribution in [0.4, 0.5) is 0 Å². The van der Waals surface area contributed by atoms with E-state index in [1.54, 1.807) is 6.92 Å². The van der Waals surface area contributed by atoms with Crippen molar-refractivity contribution in [2.75, 3.05) is 59.5 Å². The largest absolute Gasteiger partial charge is 0.466 e. The van der Waals surface area contributed by atoms with Gasteiger partial charge in [0.2, 0.25) is 0 Å². The van der Waals surface area contributed by atoms with Crippen molar-refractivity contribution in [3.63, 3.8) is 0 Å². The molecule has 22 heavy (non-hydrogen) atoms.